The molecule has 4 rings (SSSR count). The topological polar surface area (TPSA) is 106 Å². The zero-order valence-corrected chi connectivity index (χ0v) is 17.9. The molecule has 1 aromatic rings. The van der Waals surface area contributed by atoms with Crippen LogP contribution in [0.5, 0.6) is 0 Å². The number of hydrogen-bond donors (Lipinski definition) is 1. The van der Waals surface area contributed by atoms with E-state index in [0.29, 0.717) is 29.4 Å². The van der Waals surface area contributed by atoms with Crippen LogP contribution >= 0.6 is 0 Å². The van der Waals surface area contributed by atoms with Gasteiger partial charge in [-0.15, -0.1) is 0 Å². The molecule has 0 saturated carbocycles. The summed E-state index contributed by atoms with van der Waals surface area (Å²) in [5.41, 5.74) is 3.28. The van der Waals surface area contributed by atoms with Crippen molar-refractivity contribution in [3.8, 4) is 0 Å². The van der Waals surface area contributed by atoms with Gasteiger partial charge in [0, 0.05) is 5.92 Å². The number of amides is 3. The summed E-state index contributed by atoms with van der Waals surface area (Å²) in [6, 6.07) is 3.56. The van der Waals surface area contributed by atoms with E-state index in [2.05, 4.69) is 4.74 Å². The summed E-state index contributed by atoms with van der Waals surface area (Å²) < 4.78 is 16.2. The lowest BCUT2D eigenvalue weighted by atomic mass is 9.70. The van der Waals surface area contributed by atoms with Crippen molar-refractivity contribution in [1.29, 1.82) is 0 Å². The Kier molecular flexibility index (Phi) is 5.85. The van der Waals surface area contributed by atoms with Crippen molar-refractivity contribution in [2.75, 3.05) is 13.7 Å². The van der Waals surface area contributed by atoms with Gasteiger partial charge in [-0.3, -0.25) is 9.59 Å². The first-order chi connectivity index (χ1) is 14.8. The Morgan fingerprint density at radius 1 is 1.29 bits per heavy atom. The van der Waals surface area contributed by atoms with Gasteiger partial charge in [-0.2, -0.15) is 4.90 Å². The lowest BCUT2D eigenvalue weighted by Gasteiger charge is -2.30. The number of allylic oxidation sites excluding steroid dienone is 2. The van der Waals surface area contributed by atoms with Crippen LogP contribution in [0.3, 0.4) is 0 Å². The molecule has 8 nitrogen and oxygen atoms in total. The molecule has 1 N–H and O–H groups in total. The smallest absolute Gasteiger partial charge is 0.423 e. The molecule has 4 atom stereocenters. The van der Waals surface area contributed by atoms with Gasteiger partial charge < -0.3 is 19.0 Å². The predicted octanol–water partition coefficient (Wildman–Crippen LogP) is 3.06. The second kappa shape index (κ2) is 8.43. The number of hydrogen-bond acceptors (Lipinski definition) is 7. The molecule has 0 radical (unpaired) electrons. The normalized spacial score (nSPS) is 28.3. The molecule has 0 spiro atoms. The first-order valence-electron chi connectivity index (χ1n) is 10.5. The van der Waals surface area contributed by atoms with Crippen LogP contribution in [-0.4, -0.2) is 47.7 Å². The van der Waals surface area contributed by atoms with E-state index in [4.69, 9.17) is 14.3 Å². The lowest BCUT2D eigenvalue weighted by molar-refractivity contribution is -0.137. The molecule has 2 fully saturated rings. The van der Waals surface area contributed by atoms with Gasteiger partial charge >= 0.3 is 6.09 Å². The number of nitrogens with zero attached hydrogens (tertiary/aromatic N) is 1. The van der Waals surface area contributed by atoms with Crippen LogP contribution in [0.15, 0.2) is 33.3 Å². The zero-order chi connectivity index (χ0) is 22.3. The Labute approximate surface area is 180 Å². The van der Waals surface area contributed by atoms with Gasteiger partial charge in [-0.25, -0.2) is 4.79 Å². The van der Waals surface area contributed by atoms with Crippen LogP contribution < -0.4 is 0 Å². The molecule has 0 bridgehead atoms. The van der Waals surface area contributed by atoms with Gasteiger partial charge in [0.25, 0.3) is 0 Å². The summed E-state index contributed by atoms with van der Waals surface area (Å²) in [5.74, 6) is -0.999. The molecule has 1 aromatic heterocycles. The van der Waals surface area contributed by atoms with E-state index in [9.17, 15) is 14.4 Å². The van der Waals surface area contributed by atoms with E-state index in [1.165, 1.54) is 0 Å². The average Bonchev–Trinajstić information content (AvgIpc) is 3.44. The maximum absolute atomic E-state index is 12.9. The number of furan rings is 1. The summed E-state index contributed by atoms with van der Waals surface area (Å²) in [6.07, 6.45) is 2.89. The van der Waals surface area contributed by atoms with Gasteiger partial charge in [0.15, 0.2) is 0 Å². The van der Waals surface area contributed by atoms with E-state index < -0.39 is 29.7 Å². The Hall–Kier alpha value is -2.71. The van der Waals surface area contributed by atoms with Gasteiger partial charge in [0.1, 0.15) is 18.1 Å². The number of ether oxygens (including phenoxy) is 2. The summed E-state index contributed by atoms with van der Waals surface area (Å²) in [5, 5.41) is 9.12. The summed E-state index contributed by atoms with van der Waals surface area (Å²) in [6.45, 7) is 4.24. The largest absolute Gasteiger partial charge is 0.459 e. The van der Waals surface area contributed by atoms with Gasteiger partial charge in [0.2, 0.25) is 11.8 Å². The first kappa shape index (κ1) is 21.5. The highest BCUT2D eigenvalue weighted by Gasteiger charge is 2.58. The van der Waals surface area contributed by atoms with Crippen molar-refractivity contribution in [3.63, 3.8) is 0 Å². The summed E-state index contributed by atoms with van der Waals surface area (Å²) in [7, 11) is 1.16. The molecule has 2 saturated heterocycles. The highest BCUT2D eigenvalue weighted by atomic mass is 16.5. The quantitative estimate of drug-likeness (QED) is 0.566. The van der Waals surface area contributed by atoms with Gasteiger partial charge in [-0.1, -0.05) is 11.1 Å². The lowest BCUT2D eigenvalue weighted by Crippen LogP contribution is -2.37. The maximum Gasteiger partial charge on any atom is 0.423 e. The van der Waals surface area contributed by atoms with Crippen LogP contribution in [0.1, 0.15) is 44.6 Å². The summed E-state index contributed by atoms with van der Waals surface area (Å²) in [4.78, 5) is 38.2. The third-order valence-electron chi connectivity index (χ3n) is 6.54. The van der Waals surface area contributed by atoms with Crippen LogP contribution in [0, 0.1) is 17.8 Å². The molecule has 3 aliphatic rings. The minimum Gasteiger partial charge on any atom is -0.459 e. The van der Waals surface area contributed by atoms with Crippen molar-refractivity contribution in [2.45, 2.75) is 45.8 Å². The van der Waals surface area contributed by atoms with Crippen LogP contribution in [0.2, 0.25) is 0 Å². The van der Waals surface area contributed by atoms with E-state index >= 15 is 0 Å². The second-order valence-electron chi connectivity index (χ2n) is 8.47. The molecule has 2 aliphatic heterocycles. The van der Waals surface area contributed by atoms with Crippen molar-refractivity contribution in [2.24, 2.45) is 17.8 Å². The molecule has 0 unspecified atom stereocenters. The SMILES string of the molecule is COC(=O)N1C(=O)[C@@H]2[C@@H](CC(C)=C3[C@@H](CC/C(C)=C/c4ccc(CO)o4)OC[C@@H]32)C1=O. The average molecular weight is 429 g/mol. The molecular weight excluding hydrogens is 402 g/mol. The van der Waals surface area contributed by atoms with Crippen molar-refractivity contribution in [1.82, 2.24) is 4.90 Å². The number of rotatable bonds is 5. The molecule has 0 aromatic carbocycles. The van der Waals surface area contributed by atoms with E-state index in [1.54, 1.807) is 6.07 Å². The highest BCUT2D eigenvalue weighted by Crippen LogP contribution is 2.49. The fraction of sp³-hybridized carbons (Fsp3) is 0.522. The van der Waals surface area contributed by atoms with Crippen molar-refractivity contribution in [3.05, 3.63) is 40.4 Å². The standard InChI is InChI=1S/C23H27NO7/c1-12(8-14-5-6-15(10-25)31-14)4-7-18-19-13(2)9-16-20(17(19)11-30-18)22(27)24(21(16)26)23(28)29-3/h5-6,8,16-18,20,25H,4,7,9-11H2,1-3H3/b12-8+/t16-,17+,18-,20-/m1/s1. The molecule has 31 heavy (non-hydrogen) atoms. The number of carbonyl (C=O) groups excluding carboxylic acids is 3. The Morgan fingerprint density at radius 2 is 2.06 bits per heavy atom. The highest BCUT2D eigenvalue weighted by molar-refractivity contribution is 6.16. The van der Waals surface area contributed by atoms with Crippen LogP contribution in [0.4, 0.5) is 4.79 Å². The minimum absolute atomic E-state index is 0.117. The molecule has 1 aliphatic carbocycles. The molecule has 8 heteroatoms. The minimum atomic E-state index is -0.915. The zero-order valence-electron chi connectivity index (χ0n) is 17.9. The van der Waals surface area contributed by atoms with Gasteiger partial charge in [0.05, 0.1) is 31.7 Å². The molecule has 3 heterocycles. The Balaban J connectivity index is 1.47. The summed E-state index contributed by atoms with van der Waals surface area (Å²) >= 11 is 0. The third-order valence-corrected chi connectivity index (χ3v) is 6.54. The number of aliphatic hydroxyl groups excluding tert-OH is 1. The first-order valence-corrected chi connectivity index (χ1v) is 10.5. The molecule has 166 valence electrons. The second-order valence-corrected chi connectivity index (χ2v) is 8.47. The van der Waals surface area contributed by atoms with E-state index in [1.807, 2.05) is 26.0 Å². The predicted molar refractivity (Wildman–Crippen MR) is 109 cm³/mol. The van der Waals surface area contributed by atoms with Gasteiger partial charge in [-0.05, 0) is 56.9 Å². The van der Waals surface area contributed by atoms with Crippen LogP contribution in [0.25, 0.3) is 6.08 Å². The fourth-order valence-corrected chi connectivity index (χ4v) is 5.13. The van der Waals surface area contributed by atoms with Crippen molar-refractivity contribution >= 4 is 24.0 Å². The number of aliphatic hydroxyl groups is 1. The Bertz CT molecular complexity index is 972. The Morgan fingerprint density at radius 3 is 2.74 bits per heavy atom. The molecular formula is C23H27NO7. The number of imide groups is 3. The van der Waals surface area contributed by atoms with Crippen LogP contribution in [-0.2, 0) is 25.7 Å². The number of fused-ring (bicyclic) bond motifs is 3. The van der Waals surface area contributed by atoms with Crippen molar-refractivity contribution < 1.29 is 33.4 Å². The van der Waals surface area contributed by atoms with E-state index in [-0.39, 0.29) is 18.6 Å². The maximum atomic E-state index is 12.9. The fourth-order valence-electron chi connectivity index (χ4n) is 5.13. The molecule has 3 amide bonds. The number of carbonyl (C=O) groups is 3. The third kappa shape index (κ3) is 3.74. The number of methoxy groups -OCH3 is 1. The number of likely N-dealkylation sites (tertiary alicyclic amines) is 1. The monoisotopic (exact) mass is 429 g/mol. The van der Waals surface area contributed by atoms with E-state index in [0.717, 1.165) is 36.7 Å².